The first-order chi connectivity index (χ1) is 12.7. The number of carbonyl (C=O) groups is 1. The molecule has 0 fully saturated rings. The van der Waals surface area contributed by atoms with Crippen LogP contribution in [0.2, 0.25) is 0 Å². The Balaban J connectivity index is 1.44. The summed E-state index contributed by atoms with van der Waals surface area (Å²) >= 11 is 0. The molecule has 1 amide bonds. The Hall–Kier alpha value is -3.42. The zero-order valence-corrected chi connectivity index (χ0v) is 14.3. The lowest BCUT2D eigenvalue weighted by Gasteiger charge is -2.06. The van der Waals surface area contributed by atoms with Crippen molar-refractivity contribution < 1.29 is 9.21 Å². The number of hydrogen-bond acceptors (Lipinski definition) is 5. The molecule has 4 aromatic heterocycles. The highest BCUT2D eigenvalue weighted by Gasteiger charge is 2.15. The molecule has 132 valence electrons. The molecule has 0 aliphatic carbocycles. The molecule has 4 aromatic rings. The third-order valence-corrected chi connectivity index (χ3v) is 4.03. The molecule has 4 heterocycles. The van der Waals surface area contributed by atoms with Crippen molar-refractivity contribution in [1.29, 1.82) is 0 Å². The van der Waals surface area contributed by atoms with E-state index in [0.717, 1.165) is 18.7 Å². The minimum Gasteiger partial charge on any atom is -0.461 e. The molecular weight excluding hydrogens is 332 g/mol. The lowest BCUT2D eigenvalue weighted by atomic mass is 10.2. The van der Waals surface area contributed by atoms with Crippen LogP contribution in [0.1, 0.15) is 22.5 Å². The largest absolute Gasteiger partial charge is 0.461 e. The first-order valence-corrected chi connectivity index (χ1v) is 8.36. The summed E-state index contributed by atoms with van der Waals surface area (Å²) in [6.45, 7) is 3.33. The topological polar surface area (TPSA) is 102 Å². The second-order valence-corrected chi connectivity index (χ2v) is 5.98. The van der Waals surface area contributed by atoms with Gasteiger partial charge in [0.25, 0.3) is 5.91 Å². The fourth-order valence-corrected chi connectivity index (χ4v) is 2.78. The van der Waals surface area contributed by atoms with E-state index in [1.54, 1.807) is 37.0 Å². The number of nitrogens with zero attached hydrogens (tertiary/aromatic N) is 4. The molecule has 8 nitrogen and oxygen atoms in total. The van der Waals surface area contributed by atoms with Gasteiger partial charge in [0.15, 0.2) is 17.2 Å². The van der Waals surface area contributed by atoms with Crippen molar-refractivity contribution in [2.75, 3.05) is 6.54 Å². The van der Waals surface area contributed by atoms with Crippen LogP contribution < -0.4 is 5.32 Å². The maximum absolute atomic E-state index is 12.5. The molecule has 26 heavy (non-hydrogen) atoms. The number of hydrogen-bond donors (Lipinski definition) is 2. The van der Waals surface area contributed by atoms with Crippen molar-refractivity contribution in [2.45, 2.75) is 19.9 Å². The van der Waals surface area contributed by atoms with Crippen LogP contribution in [-0.4, -0.2) is 37.0 Å². The number of nitrogens with one attached hydrogen (secondary N) is 2. The van der Waals surface area contributed by atoms with E-state index in [2.05, 4.69) is 25.3 Å². The lowest BCUT2D eigenvalue weighted by molar-refractivity contribution is 0.0954. The maximum Gasteiger partial charge on any atom is 0.253 e. The molecular formula is C18H18N6O2. The molecule has 2 N–H and O–H groups in total. The van der Waals surface area contributed by atoms with Gasteiger partial charge in [-0.15, -0.1) is 0 Å². The number of carbonyl (C=O) groups excluding carboxylic acids is 1. The van der Waals surface area contributed by atoms with Gasteiger partial charge in [0.2, 0.25) is 0 Å². The number of fused-ring (bicyclic) bond motifs is 1. The average Bonchev–Trinajstić information content (AvgIpc) is 3.37. The second-order valence-electron chi connectivity index (χ2n) is 5.98. The van der Waals surface area contributed by atoms with Gasteiger partial charge in [-0.05, 0) is 31.5 Å². The van der Waals surface area contributed by atoms with Crippen LogP contribution in [0, 0.1) is 6.92 Å². The smallest absolute Gasteiger partial charge is 0.253 e. The third kappa shape index (κ3) is 3.21. The fraction of sp³-hybridized carbons (Fsp3) is 0.222. The monoisotopic (exact) mass is 350 g/mol. The lowest BCUT2D eigenvalue weighted by Crippen LogP contribution is -2.25. The number of aromatic amines is 1. The molecule has 4 rings (SSSR count). The highest BCUT2D eigenvalue weighted by atomic mass is 16.3. The Kier molecular flexibility index (Phi) is 4.22. The Labute approximate surface area is 149 Å². The molecule has 0 aromatic carbocycles. The molecule has 0 radical (unpaired) electrons. The molecule has 0 aliphatic heterocycles. The number of H-pyrrole nitrogens is 1. The van der Waals surface area contributed by atoms with E-state index in [0.29, 0.717) is 34.9 Å². The van der Waals surface area contributed by atoms with Crippen LogP contribution >= 0.6 is 0 Å². The Morgan fingerprint density at radius 3 is 3.04 bits per heavy atom. The van der Waals surface area contributed by atoms with Crippen molar-refractivity contribution in [1.82, 2.24) is 29.8 Å². The number of pyridine rings is 1. The van der Waals surface area contributed by atoms with Gasteiger partial charge in [-0.3, -0.25) is 4.79 Å². The van der Waals surface area contributed by atoms with Gasteiger partial charge < -0.3 is 19.3 Å². The second kappa shape index (κ2) is 6.83. The molecule has 0 atom stereocenters. The molecule has 0 unspecified atom stereocenters. The number of aromatic nitrogens is 5. The Morgan fingerprint density at radius 1 is 1.35 bits per heavy atom. The highest BCUT2D eigenvalue weighted by Crippen LogP contribution is 2.21. The number of amides is 1. The van der Waals surface area contributed by atoms with Crippen LogP contribution in [0.5, 0.6) is 0 Å². The van der Waals surface area contributed by atoms with E-state index in [4.69, 9.17) is 4.42 Å². The van der Waals surface area contributed by atoms with Crippen LogP contribution in [0.25, 0.3) is 22.7 Å². The molecule has 8 heteroatoms. The summed E-state index contributed by atoms with van der Waals surface area (Å²) < 4.78 is 7.35. The predicted molar refractivity (Wildman–Crippen MR) is 95.5 cm³/mol. The summed E-state index contributed by atoms with van der Waals surface area (Å²) in [5, 5.41) is 2.94. The van der Waals surface area contributed by atoms with E-state index in [-0.39, 0.29) is 5.91 Å². The summed E-state index contributed by atoms with van der Waals surface area (Å²) in [6, 6.07) is 5.27. The summed E-state index contributed by atoms with van der Waals surface area (Å²) in [7, 11) is 0. The molecule has 0 bridgehead atoms. The summed E-state index contributed by atoms with van der Waals surface area (Å²) in [6.07, 6.45) is 7.75. The van der Waals surface area contributed by atoms with Crippen LogP contribution in [0.15, 0.2) is 47.6 Å². The average molecular weight is 350 g/mol. The van der Waals surface area contributed by atoms with Gasteiger partial charge in [-0.2, -0.15) is 0 Å². The van der Waals surface area contributed by atoms with Crippen LogP contribution in [0.4, 0.5) is 0 Å². The summed E-state index contributed by atoms with van der Waals surface area (Å²) in [5.74, 6) is 0.993. The van der Waals surface area contributed by atoms with E-state index in [9.17, 15) is 4.79 Å². The van der Waals surface area contributed by atoms with Gasteiger partial charge >= 0.3 is 0 Å². The zero-order chi connectivity index (χ0) is 17.9. The van der Waals surface area contributed by atoms with Crippen molar-refractivity contribution in [3.05, 3.63) is 54.4 Å². The number of furan rings is 1. The van der Waals surface area contributed by atoms with Gasteiger partial charge in [0, 0.05) is 25.5 Å². The van der Waals surface area contributed by atoms with Crippen molar-refractivity contribution >= 4 is 17.1 Å². The van der Waals surface area contributed by atoms with Gasteiger partial charge in [0.05, 0.1) is 29.4 Å². The minimum absolute atomic E-state index is 0.158. The Bertz CT molecular complexity index is 1030. The first-order valence-electron chi connectivity index (χ1n) is 8.36. The van der Waals surface area contributed by atoms with E-state index < -0.39 is 0 Å². The van der Waals surface area contributed by atoms with Crippen molar-refractivity contribution in [3.63, 3.8) is 0 Å². The Morgan fingerprint density at radius 2 is 2.27 bits per heavy atom. The van der Waals surface area contributed by atoms with Gasteiger partial charge in [0.1, 0.15) is 0 Å². The quantitative estimate of drug-likeness (QED) is 0.520. The zero-order valence-electron chi connectivity index (χ0n) is 14.3. The normalized spacial score (nSPS) is 11.1. The number of rotatable bonds is 6. The van der Waals surface area contributed by atoms with E-state index >= 15 is 0 Å². The number of imidazole rings is 2. The third-order valence-electron chi connectivity index (χ3n) is 4.03. The molecule has 0 aliphatic rings. The predicted octanol–water partition coefficient (Wildman–Crippen LogP) is 2.54. The van der Waals surface area contributed by atoms with E-state index in [1.807, 2.05) is 17.7 Å². The summed E-state index contributed by atoms with van der Waals surface area (Å²) in [5.41, 5.74) is 2.58. The van der Waals surface area contributed by atoms with Crippen LogP contribution in [-0.2, 0) is 6.54 Å². The minimum atomic E-state index is -0.158. The highest BCUT2D eigenvalue weighted by molar-refractivity contribution is 6.04. The van der Waals surface area contributed by atoms with Gasteiger partial charge in [-0.1, -0.05) is 0 Å². The summed E-state index contributed by atoms with van der Waals surface area (Å²) in [4.78, 5) is 28.5. The molecule has 0 spiro atoms. The SMILES string of the molecule is Cc1cn(CCCNC(=O)c2ccnc3nc(-c4ccco4)[nH]c23)cn1. The van der Waals surface area contributed by atoms with Crippen molar-refractivity contribution in [3.8, 4) is 11.6 Å². The standard InChI is InChI=1S/C18H18N6O2/c1-12-10-24(11-21-12)8-3-6-20-18(25)13-5-7-19-17-15(13)22-16(23-17)14-4-2-9-26-14/h2,4-5,7,9-11H,3,6,8H2,1H3,(H,20,25)(H,19,22,23). The number of aryl methyl sites for hydroxylation is 2. The molecule has 0 saturated heterocycles. The maximum atomic E-state index is 12.5. The van der Waals surface area contributed by atoms with Crippen LogP contribution in [0.3, 0.4) is 0 Å². The van der Waals surface area contributed by atoms with Gasteiger partial charge in [-0.25, -0.2) is 15.0 Å². The first kappa shape index (κ1) is 16.1. The van der Waals surface area contributed by atoms with E-state index in [1.165, 1.54) is 0 Å². The van der Waals surface area contributed by atoms with Crippen molar-refractivity contribution in [2.24, 2.45) is 0 Å². The molecule has 0 saturated carbocycles. The fourth-order valence-electron chi connectivity index (χ4n) is 2.78.